The van der Waals surface area contributed by atoms with Crippen LogP contribution in [0.3, 0.4) is 0 Å². The molecule has 0 bridgehead atoms. The van der Waals surface area contributed by atoms with Crippen LogP contribution in [0.1, 0.15) is 25.3 Å². The number of hydrogen-bond donors (Lipinski definition) is 2. The number of hydrogen-bond acceptors (Lipinski definition) is 3. The van der Waals surface area contributed by atoms with Crippen molar-refractivity contribution in [1.29, 1.82) is 0 Å². The van der Waals surface area contributed by atoms with Gasteiger partial charge in [-0.1, -0.05) is 11.6 Å². The SMILES string of the molecule is C/C(=C\NC(=O)NCc1ccc2c(c1)OCO2)C1CC1. The Kier molecular flexibility index (Phi) is 3.50. The molecule has 0 saturated heterocycles. The summed E-state index contributed by atoms with van der Waals surface area (Å²) in [7, 11) is 0. The van der Waals surface area contributed by atoms with E-state index in [1.54, 1.807) is 6.20 Å². The lowest BCUT2D eigenvalue weighted by atomic mass is 10.2. The molecule has 1 aliphatic carbocycles. The van der Waals surface area contributed by atoms with Crippen molar-refractivity contribution in [3.05, 3.63) is 35.5 Å². The van der Waals surface area contributed by atoms with E-state index < -0.39 is 0 Å². The molecule has 0 atom stereocenters. The molecule has 1 fully saturated rings. The molecule has 5 heteroatoms. The number of carbonyl (C=O) groups is 1. The van der Waals surface area contributed by atoms with Gasteiger partial charge in [0.15, 0.2) is 11.5 Å². The summed E-state index contributed by atoms with van der Waals surface area (Å²) in [4.78, 5) is 11.7. The average molecular weight is 274 g/mol. The minimum atomic E-state index is -0.192. The van der Waals surface area contributed by atoms with Gasteiger partial charge < -0.3 is 20.1 Å². The van der Waals surface area contributed by atoms with E-state index in [1.165, 1.54) is 18.4 Å². The maximum Gasteiger partial charge on any atom is 0.319 e. The molecule has 5 nitrogen and oxygen atoms in total. The van der Waals surface area contributed by atoms with Crippen LogP contribution in [0.2, 0.25) is 0 Å². The predicted molar refractivity (Wildman–Crippen MR) is 74.4 cm³/mol. The number of urea groups is 1. The van der Waals surface area contributed by atoms with Gasteiger partial charge in [0.2, 0.25) is 6.79 Å². The second kappa shape index (κ2) is 5.45. The number of nitrogens with one attached hydrogen (secondary N) is 2. The highest BCUT2D eigenvalue weighted by Gasteiger charge is 2.22. The van der Waals surface area contributed by atoms with E-state index in [2.05, 4.69) is 17.6 Å². The van der Waals surface area contributed by atoms with E-state index in [0.717, 1.165) is 17.1 Å². The minimum Gasteiger partial charge on any atom is -0.454 e. The third-order valence-corrected chi connectivity index (χ3v) is 3.54. The number of rotatable bonds is 4. The van der Waals surface area contributed by atoms with Gasteiger partial charge >= 0.3 is 6.03 Å². The molecule has 3 rings (SSSR count). The Bertz CT molecular complexity index is 550. The molecule has 0 spiro atoms. The molecule has 20 heavy (non-hydrogen) atoms. The zero-order chi connectivity index (χ0) is 13.9. The van der Waals surface area contributed by atoms with E-state index in [0.29, 0.717) is 12.5 Å². The van der Waals surface area contributed by atoms with Gasteiger partial charge in [-0.2, -0.15) is 0 Å². The molecule has 0 radical (unpaired) electrons. The van der Waals surface area contributed by atoms with Crippen LogP contribution in [0, 0.1) is 5.92 Å². The summed E-state index contributed by atoms with van der Waals surface area (Å²) in [5.41, 5.74) is 2.22. The quantitative estimate of drug-likeness (QED) is 0.887. The second-order valence-electron chi connectivity index (χ2n) is 5.18. The predicted octanol–water partition coefficient (Wildman–Crippen LogP) is 2.53. The third-order valence-electron chi connectivity index (χ3n) is 3.54. The van der Waals surface area contributed by atoms with Crippen molar-refractivity contribution in [2.24, 2.45) is 5.92 Å². The van der Waals surface area contributed by atoms with Gasteiger partial charge in [0, 0.05) is 12.7 Å². The Labute approximate surface area is 118 Å². The normalized spacial score (nSPS) is 16.9. The topological polar surface area (TPSA) is 59.6 Å². The first-order valence-corrected chi connectivity index (χ1v) is 6.82. The fourth-order valence-electron chi connectivity index (χ4n) is 2.12. The summed E-state index contributed by atoms with van der Waals surface area (Å²) in [6.07, 6.45) is 4.28. The Morgan fingerprint density at radius 1 is 1.35 bits per heavy atom. The van der Waals surface area contributed by atoms with Gasteiger partial charge in [-0.15, -0.1) is 0 Å². The summed E-state index contributed by atoms with van der Waals surface area (Å²) in [5.74, 6) is 2.15. The van der Waals surface area contributed by atoms with Crippen LogP contribution in [0.5, 0.6) is 11.5 Å². The second-order valence-corrected chi connectivity index (χ2v) is 5.18. The number of benzene rings is 1. The largest absolute Gasteiger partial charge is 0.454 e. The van der Waals surface area contributed by atoms with Crippen molar-refractivity contribution in [3.8, 4) is 11.5 Å². The smallest absolute Gasteiger partial charge is 0.319 e. The van der Waals surface area contributed by atoms with Crippen LogP contribution >= 0.6 is 0 Å². The van der Waals surface area contributed by atoms with E-state index in [-0.39, 0.29) is 12.8 Å². The maximum absolute atomic E-state index is 11.7. The van der Waals surface area contributed by atoms with Crippen LogP contribution in [0.15, 0.2) is 30.0 Å². The van der Waals surface area contributed by atoms with Crippen molar-refractivity contribution in [2.75, 3.05) is 6.79 Å². The molecule has 0 aromatic heterocycles. The summed E-state index contributed by atoms with van der Waals surface area (Å²) < 4.78 is 10.5. The lowest BCUT2D eigenvalue weighted by molar-refractivity contribution is 0.174. The van der Waals surface area contributed by atoms with Gasteiger partial charge in [0.05, 0.1) is 0 Å². The lowest BCUT2D eigenvalue weighted by Crippen LogP contribution is -2.31. The van der Waals surface area contributed by atoms with Gasteiger partial charge in [0.25, 0.3) is 0 Å². The van der Waals surface area contributed by atoms with Crippen LogP contribution in [-0.4, -0.2) is 12.8 Å². The monoisotopic (exact) mass is 274 g/mol. The molecule has 2 aliphatic rings. The average Bonchev–Trinajstić information content (AvgIpc) is 3.20. The summed E-state index contributed by atoms with van der Waals surface area (Å²) in [6.45, 7) is 2.77. The first-order valence-electron chi connectivity index (χ1n) is 6.82. The van der Waals surface area contributed by atoms with Crippen molar-refractivity contribution >= 4 is 6.03 Å². The van der Waals surface area contributed by atoms with Crippen molar-refractivity contribution in [1.82, 2.24) is 10.6 Å². The number of carbonyl (C=O) groups excluding carboxylic acids is 1. The lowest BCUT2D eigenvalue weighted by Gasteiger charge is -2.06. The molecule has 2 amide bonds. The number of allylic oxidation sites excluding steroid dienone is 1. The summed E-state index contributed by atoms with van der Waals surface area (Å²) in [5, 5.41) is 5.57. The standard InChI is InChI=1S/C15H18N2O3/c1-10(12-3-4-12)7-16-15(18)17-8-11-2-5-13-14(6-11)20-9-19-13/h2,5-7,12H,3-4,8-9H2,1H3,(H2,16,17,18)/b10-7+. The van der Waals surface area contributed by atoms with E-state index in [1.807, 2.05) is 18.2 Å². The van der Waals surface area contributed by atoms with Gasteiger partial charge in [-0.25, -0.2) is 4.79 Å². The highest BCUT2D eigenvalue weighted by molar-refractivity contribution is 5.75. The Morgan fingerprint density at radius 3 is 2.95 bits per heavy atom. The first kappa shape index (κ1) is 12.8. The summed E-state index contributed by atoms with van der Waals surface area (Å²) in [6, 6.07) is 5.46. The van der Waals surface area contributed by atoms with Crippen LogP contribution in [0.25, 0.3) is 0 Å². The van der Waals surface area contributed by atoms with Gasteiger partial charge in [-0.05, 0) is 43.4 Å². The number of ether oxygens (including phenoxy) is 2. The van der Waals surface area contributed by atoms with Crippen LogP contribution in [0.4, 0.5) is 4.79 Å². The van der Waals surface area contributed by atoms with E-state index >= 15 is 0 Å². The fourth-order valence-corrected chi connectivity index (χ4v) is 2.12. The third kappa shape index (κ3) is 3.04. The zero-order valence-electron chi connectivity index (χ0n) is 11.4. The molecule has 1 heterocycles. The number of amides is 2. The first-order chi connectivity index (χ1) is 9.72. The fraction of sp³-hybridized carbons (Fsp3) is 0.400. The molecular weight excluding hydrogens is 256 g/mol. The maximum atomic E-state index is 11.7. The Hall–Kier alpha value is -2.17. The van der Waals surface area contributed by atoms with Gasteiger partial charge in [0.1, 0.15) is 0 Å². The molecule has 0 unspecified atom stereocenters. The van der Waals surface area contributed by atoms with Crippen LogP contribution in [-0.2, 0) is 6.54 Å². The molecule has 1 saturated carbocycles. The molecule has 2 N–H and O–H groups in total. The Balaban J connectivity index is 1.49. The van der Waals surface area contributed by atoms with Crippen molar-refractivity contribution in [2.45, 2.75) is 26.3 Å². The molecule has 106 valence electrons. The molecule has 1 aliphatic heterocycles. The minimum absolute atomic E-state index is 0.192. The Morgan fingerprint density at radius 2 is 2.15 bits per heavy atom. The van der Waals surface area contributed by atoms with E-state index in [4.69, 9.17) is 9.47 Å². The summed E-state index contributed by atoms with van der Waals surface area (Å²) >= 11 is 0. The molecule has 1 aromatic carbocycles. The molecule has 1 aromatic rings. The highest BCUT2D eigenvalue weighted by Crippen LogP contribution is 2.35. The van der Waals surface area contributed by atoms with Crippen LogP contribution < -0.4 is 20.1 Å². The molecular formula is C15H18N2O3. The zero-order valence-corrected chi connectivity index (χ0v) is 11.4. The van der Waals surface area contributed by atoms with Gasteiger partial charge in [-0.3, -0.25) is 0 Å². The van der Waals surface area contributed by atoms with Crippen molar-refractivity contribution in [3.63, 3.8) is 0 Å². The van der Waals surface area contributed by atoms with Crippen molar-refractivity contribution < 1.29 is 14.3 Å². The van der Waals surface area contributed by atoms with E-state index in [9.17, 15) is 4.79 Å². The number of fused-ring (bicyclic) bond motifs is 1. The highest BCUT2D eigenvalue weighted by atomic mass is 16.7.